The lowest BCUT2D eigenvalue weighted by molar-refractivity contribution is -0.239. The highest BCUT2D eigenvalue weighted by molar-refractivity contribution is 7.80. The van der Waals surface area contributed by atoms with Crippen LogP contribution in [0.1, 0.15) is 75.6 Å². The van der Waals surface area contributed by atoms with Crippen LogP contribution in [0.25, 0.3) is 0 Å². The third kappa shape index (κ3) is 14.5. The first-order valence-electron chi connectivity index (χ1n) is 17.4. The monoisotopic (exact) mass is 750 g/mol. The number of carbonyl (C=O) groups is 4. The van der Waals surface area contributed by atoms with Crippen molar-refractivity contribution in [3.05, 3.63) is 60.2 Å². The Bertz CT molecular complexity index is 1540. The van der Waals surface area contributed by atoms with Crippen molar-refractivity contribution >= 4 is 39.7 Å². The number of nitrogens with zero attached hydrogens (tertiary/aromatic N) is 1. The molecule has 2 aromatic carbocycles. The number of carbonyl (C=O) groups excluding carboxylic acids is 4. The average Bonchev–Trinajstić information content (AvgIpc) is 3.10. The summed E-state index contributed by atoms with van der Waals surface area (Å²) in [6.45, 7) is 3.65. The average molecular weight is 751 g/mol. The standard InChI is InChI=1S/C35H50N4O12S/c1-3-4-7-14-30(43)39(21-11-6-10-20-36-34(45)25-12-8-5-9-13-25)22-19-29(42)38-26-15-17-27(18-16-26)49-35-31(37-24(2)41)32(44)33(28(23-40)50-35)51-52(46,47)48/h5,8-9,12-13,15-18,28,31-33,35,40,44H,3-4,6-7,10-11,14,19-23H2,1-2H3,(H,36,45)(H,37,41)(H,38,42)(H,46,47,48)/t28-,31-,32-,33+,35-/m1/s1. The van der Waals surface area contributed by atoms with Crippen LogP contribution < -0.4 is 20.7 Å². The number of amides is 4. The lowest BCUT2D eigenvalue weighted by Gasteiger charge is -2.43. The second kappa shape index (κ2) is 21.4. The van der Waals surface area contributed by atoms with E-state index in [4.69, 9.17) is 14.0 Å². The molecule has 3 rings (SSSR count). The van der Waals surface area contributed by atoms with Crippen LogP contribution in [0.2, 0.25) is 0 Å². The van der Waals surface area contributed by atoms with Crippen molar-refractivity contribution in [2.24, 2.45) is 0 Å². The number of aliphatic hydroxyl groups is 2. The van der Waals surface area contributed by atoms with Gasteiger partial charge in [0.25, 0.3) is 5.91 Å². The van der Waals surface area contributed by atoms with Crippen molar-refractivity contribution in [3.8, 4) is 5.75 Å². The van der Waals surface area contributed by atoms with Gasteiger partial charge in [-0.3, -0.25) is 23.7 Å². The number of benzene rings is 2. The minimum Gasteiger partial charge on any atom is -0.463 e. The molecule has 5 atom stereocenters. The van der Waals surface area contributed by atoms with Crippen molar-refractivity contribution in [1.82, 2.24) is 15.5 Å². The van der Waals surface area contributed by atoms with Crippen LogP contribution in [-0.2, 0) is 33.7 Å². The molecule has 0 bridgehead atoms. The van der Waals surface area contributed by atoms with Gasteiger partial charge in [0.2, 0.25) is 24.0 Å². The van der Waals surface area contributed by atoms with Gasteiger partial charge in [-0.2, -0.15) is 8.42 Å². The van der Waals surface area contributed by atoms with E-state index in [1.165, 1.54) is 24.3 Å². The van der Waals surface area contributed by atoms with Crippen molar-refractivity contribution in [2.45, 2.75) is 95.9 Å². The minimum atomic E-state index is -5.05. The van der Waals surface area contributed by atoms with E-state index in [1.807, 2.05) is 18.2 Å². The molecule has 1 aliphatic rings. The number of rotatable bonds is 21. The van der Waals surface area contributed by atoms with Gasteiger partial charge in [-0.1, -0.05) is 38.0 Å². The summed E-state index contributed by atoms with van der Waals surface area (Å²) >= 11 is 0. The van der Waals surface area contributed by atoms with Crippen molar-refractivity contribution in [2.75, 3.05) is 31.6 Å². The molecule has 0 aliphatic carbocycles. The summed E-state index contributed by atoms with van der Waals surface area (Å²) in [5.74, 6) is -0.884. The molecule has 1 aliphatic heterocycles. The zero-order chi connectivity index (χ0) is 38.1. The van der Waals surface area contributed by atoms with Gasteiger partial charge in [-0.15, -0.1) is 0 Å². The molecule has 0 saturated carbocycles. The molecule has 1 saturated heterocycles. The summed E-state index contributed by atoms with van der Waals surface area (Å²) in [5, 5.41) is 28.6. The molecule has 0 spiro atoms. The van der Waals surface area contributed by atoms with Crippen LogP contribution >= 0.6 is 0 Å². The summed E-state index contributed by atoms with van der Waals surface area (Å²) in [7, 11) is -5.05. The summed E-state index contributed by atoms with van der Waals surface area (Å²) in [5.41, 5.74) is 1.03. The van der Waals surface area contributed by atoms with E-state index in [9.17, 15) is 37.8 Å². The zero-order valence-electron chi connectivity index (χ0n) is 29.4. The van der Waals surface area contributed by atoms with E-state index in [0.29, 0.717) is 30.8 Å². The van der Waals surface area contributed by atoms with Crippen LogP contribution in [0.3, 0.4) is 0 Å². The summed E-state index contributed by atoms with van der Waals surface area (Å²) in [6.07, 6.45) is -0.954. The second-order valence-electron chi connectivity index (χ2n) is 12.4. The quantitative estimate of drug-likeness (QED) is 0.0797. The number of hydrogen-bond donors (Lipinski definition) is 6. The van der Waals surface area contributed by atoms with Gasteiger partial charge < -0.3 is 40.5 Å². The Labute approximate surface area is 304 Å². The van der Waals surface area contributed by atoms with E-state index in [2.05, 4.69) is 27.1 Å². The topological polar surface area (TPSA) is 230 Å². The minimum absolute atomic E-state index is 0.00736. The SMILES string of the molecule is CCCCCC(=O)N(CCCCCNC(=O)c1ccccc1)CCC(=O)Nc1ccc(O[C@@H]2O[C@H](CO)[C@H](OS(=O)(=O)O)[C@H](O)[C@H]2NC(C)=O)cc1. The number of nitrogens with one attached hydrogen (secondary N) is 3. The molecule has 0 aromatic heterocycles. The number of unbranched alkanes of at least 4 members (excludes halogenated alkanes) is 4. The molecule has 0 radical (unpaired) electrons. The maximum atomic E-state index is 13.0. The molecule has 16 nitrogen and oxygen atoms in total. The molecular weight excluding hydrogens is 700 g/mol. The van der Waals surface area contributed by atoms with Crippen LogP contribution in [-0.4, -0.2) is 109 Å². The molecule has 4 amide bonds. The highest BCUT2D eigenvalue weighted by Crippen LogP contribution is 2.28. The van der Waals surface area contributed by atoms with E-state index >= 15 is 0 Å². The van der Waals surface area contributed by atoms with Crippen molar-refractivity contribution < 1.29 is 56.0 Å². The Kier molecular flexibility index (Phi) is 17.4. The number of anilines is 1. The third-order valence-corrected chi connectivity index (χ3v) is 8.69. The van der Waals surface area contributed by atoms with Crippen molar-refractivity contribution in [1.29, 1.82) is 0 Å². The Hall–Kier alpha value is -4.13. The molecule has 52 heavy (non-hydrogen) atoms. The molecule has 17 heteroatoms. The number of hydrogen-bond acceptors (Lipinski definition) is 11. The normalized spacial score (nSPS) is 20.1. The van der Waals surface area contributed by atoms with Crippen LogP contribution in [0.4, 0.5) is 5.69 Å². The Morgan fingerprint density at radius 2 is 1.63 bits per heavy atom. The van der Waals surface area contributed by atoms with Gasteiger partial charge in [0.1, 0.15) is 30.1 Å². The third-order valence-electron chi connectivity index (χ3n) is 8.23. The fourth-order valence-electron chi connectivity index (χ4n) is 5.57. The lowest BCUT2D eigenvalue weighted by Crippen LogP contribution is -2.66. The predicted octanol–water partition coefficient (Wildman–Crippen LogP) is 2.17. The first kappa shape index (κ1) is 42.3. The van der Waals surface area contributed by atoms with Gasteiger partial charge in [-0.25, -0.2) is 4.18 Å². The maximum absolute atomic E-state index is 13.0. The summed E-state index contributed by atoms with van der Waals surface area (Å²) < 4.78 is 47.6. The zero-order valence-corrected chi connectivity index (χ0v) is 30.3. The van der Waals surface area contributed by atoms with Crippen LogP contribution in [0.5, 0.6) is 5.75 Å². The Balaban J connectivity index is 1.52. The number of aliphatic hydroxyl groups excluding tert-OH is 2. The van der Waals surface area contributed by atoms with E-state index in [-0.39, 0.29) is 36.4 Å². The fraction of sp³-hybridized carbons (Fsp3) is 0.543. The van der Waals surface area contributed by atoms with Crippen LogP contribution in [0.15, 0.2) is 54.6 Å². The molecule has 2 aromatic rings. The largest absolute Gasteiger partial charge is 0.463 e. The van der Waals surface area contributed by atoms with Gasteiger partial charge in [0, 0.05) is 50.7 Å². The summed E-state index contributed by atoms with van der Waals surface area (Å²) in [4.78, 5) is 51.6. The molecule has 288 valence electrons. The van der Waals surface area contributed by atoms with Gasteiger partial charge >= 0.3 is 10.4 Å². The number of ether oxygens (including phenoxy) is 2. The predicted molar refractivity (Wildman–Crippen MR) is 189 cm³/mol. The smallest absolute Gasteiger partial charge is 0.397 e. The molecule has 0 unspecified atom stereocenters. The van der Waals surface area contributed by atoms with Gasteiger partial charge in [0.15, 0.2) is 0 Å². The summed E-state index contributed by atoms with van der Waals surface area (Å²) in [6, 6.07) is 13.7. The highest BCUT2D eigenvalue weighted by atomic mass is 32.3. The van der Waals surface area contributed by atoms with Crippen molar-refractivity contribution in [3.63, 3.8) is 0 Å². The second-order valence-corrected chi connectivity index (χ2v) is 13.4. The first-order valence-corrected chi connectivity index (χ1v) is 18.7. The van der Waals surface area contributed by atoms with E-state index in [1.54, 1.807) is 17.0 Å². The molecule has 1 heterocycles. The molecule has 1 fully saturated rings. The molecular formula is C35H50N4O12S. The van der Waals surface area contributed by atoms with E-state index < -0.39 is 53.6 Å². The molecule has 6 N–H and O–H groups in total. The first-order chi connectivity index (χ1) is 24.8. The van der Waals surface area contributed by atoms with Crippen LogP contribution in [0, 0.1) is 0 Å². The van der Waals surface area contributed by atoms with Gasteiger partial charge in [-0.05, 0) is 62.1 Å². The van der Waals surface area contributed by atoms with E-state index in [0.717, 1.165) is 45.4 Å². The van der Waals surface area contributed by atoms with Gasteiger partial charge in [0.05, 0.1) is 6.61 Å². The maximum Gasteiger partial charge on any atom is 0.397 e. The highest BCUT2D eigenvalue weighted by Gasteiger charge is 2.49. The lowest BCUT2D eigenvalue weighted by atomic mass is 9.97. The Morgan fingerprint density at radius 1 is 0.923 bits per heavy atom. The fourth-order valence-corrected chi connectivity index (χ4v) is 6.09. The Morgan fingerprint density at radius 3 is 2.27 bits per heavy atom.